The normalized spacial score (nSPS) is 11.9. The van der Waals surface area contributed by atoms with Crippen LogP contribution >= 0.6 is 15.9 Å². The van der Waals surface area contributed by atoms with Gasteiger partial charge in [-0.25, -0.2) is 8.42 Å². The van der Waals surface area contributed by atoms with E-state index in [9.17, 15) is 28.1 Å². The number of nitro benzene ring substituents is 1. The number of ether oxygens (including phenoxy) is 1. The van der Waals surface area contributed by atoms with Crippen molar-refractivity contribution in [1.82, 2.24) is 10.2 Å². The third-order valence-corrected chi connectivity index (χ3v) is 7.18. The number of sulfonamides is 1. The summed E-state index contributed by atoms with van der Waals surface area (Å²) in [6.07, 6.45) is 2.54. The maximum absolute atomic E-state index is 13.6. The average Bonchev–Trinajstić information content (AvgIpc) is 2.84. The molecule has 0 saturated heterocycles. The molecule has 0 heterocycles. The molecule has 0 radical (unpaired) electrons. The summed E-state index contributed by atoms with van der Waals surface area (Å²) in [6.45, 7) is 3.33. The Balaban J connectivity index is 2.48. The number of nitrogens with zero attached hydrogens (tertiary/aromatic N) is 3. The number of hydrogen-bond donors (Lipinski definition) is 1. The van der Waals surface area contributed by atoms with Gasteiger partial charge in [-0.1, -0.05) is 41.4 Å². The highest BCUT2D eigenvalue weighted by molar-refractivity contribution is 9.10. The quantitative estimate of drug-likeness (QED) is 0.211. The number of carbonyl (C=O) groups excluding carboxylic acids is 2. The number of anilines is 1. The Kier molecular flexibility index (Phi) is 10.9. The van der Waals surface area contributed by atoms with Crippen LogP contribution in [0.5, 0.6) is 5.75 Å². The van der Waals surface area contributed by atoms with Crippen LogP contribution in [0.2, 0.25) is 0 Å². The molecule has 2 aromatic rings. The topological polar surface area (TPSA) is 139 Å². The molecule has 2 aromatic carbocycles. The first-order valence-electron chi connectivity index (χ1n) is 11.5. The Bertz CT molecular complexity index is 1240. The molecule has 11 nitrogen and oxygen atoms in total. The number of carbonyl (C=O) groups is 2. The van der Waals surface area contributed by atoms with Crippen molar-refractivity contribution in [2.24, 2.45) is 0 Å². The van der Waals surface area contributed by atoms with Crippen LogP contribution in [0.25, 0.3) is 0 Å². The van der Waals surface area contributed by atoms with Gasteiger partial charge in [0.15, 0.2) is 0 Å². The molecule has 13 heteroatoms. The minimum Gasteiger partial charge on any atom is -0.495 e. The summed E-state index contributed by atoms with van der Waals surface area (Å²) in [6, 6.07) is 9.72. The molecule has 0 fully saturated rings. The van der Waals surface area contributed by atoms with Crippen molar-refractivity contribution in [3.05, 3.63) is 62.6 Å². The zero-order valence-electron chi connectivity index (χ0n) is 21.1. The first-order chi connectivity index (χ1) is 17.4. The largest absolute Gasteiger partial charge is 0.495 e. The van der Waals surface area contributed by atoms with Gasteiger partial charge in [0.25, 0.3) is 5.69 Å². The summed E-state index contributed by atoms with van der Waals surface area (Å²) in [5.41, 5.74) is 0.191. The molecule has 0 saturated carbocycles. The fourth-order valence-corrected chi connectivity index (χ4v) is 4.82. The fraction of sp³-hybridized carbons (Fsp3) is 0.417. The SMILES string of the molecule is CCCCNC(=O)[C@H](C)N(Cc1cccc(Br)c1)C(=O)CN(c1cc([N+](=O)[O-])ccc1OC)S(C)(=O)=O. The van der Waals surface area contributed by atoms with E-state index in [4.69, 9.17) is 4.74 Å². The molecule has 37 heavy (non-hydrogen) atoms. The summed E-state index contributed by atoms with van der Waals surface area (Å²) in [4.78, 5) is 38.4. The van der Waals surface area contributed by atoms with E-state index in [0.717, 1.165) is 39.5 Å². The smallest absolute Gasteiger partial charge is 0.271 e. The van der Waals surface area contributed by atoms with Crippen molar-refractivity contribution >= 4 is 49.1 Å². The lowest BCUT2D eigenvalue weighted by atomic mass is 10.1. The summed E-state index contributed by atoms with van der Waals surface area (Å²) in [5, 5.41) is 14.1. The first kappa shape index (κ1) is 30.0. The van der Waals surface area contributed by atoms with Gasteiger partial charge >= 0.3 is 0 Å². The third-order valence-electron chi connectivity index (χ3n) is 5.56. The number of amides is 2. The first-order valence-corrected chi connectivity index (χ1v) is 14.1. The summed E-state index contributed by atoms with van der Waals surface area (Å²) in [7, 11) is -2.80. The number of nitro groups is 1. The van der Waals surface area contributed by atoms with Crippen molar-refractivity contribution in [1.29, 1.82) is 0 Å². The highest BCUT2D eigenvalue weighted by Gasteiger charge is 2.32. The van der Waals surface area contributed by atoms with Crippen LogP contribution in [0, 0.1) is 10.1 Å². The van der Waals surface area contributed by atoms with Crippen LogP contribution in [-0.4, -0.2) is 62.6 Å². The molecule has 0 unspecified atom stereocenters. The van der Waals surface area contributed by atoms with Gasteiger partial charge in [0.1, 0.15) is 24.0 Å². The molecule has 1 N–H and O–H groups in total. The minimum absolute atomic E-state index is 0.0321. The lowest BCUT2D eigenvalue weighted by Gasteiger charge is -2.31. The molecule has 0 spiro atoms. The predicted molar refractivity (Wildman–Crippen MR) is 144 cm³/mol. The number of nitrogens with one attached hydrogen (secondary N) is 1. The van der Waals surface area contributed by atoms with Gasteiger partial charge in [0, 0.05) is 29.7 Å². The van der Waals surface area contributed by atoms with Gasteiger partial charge in [-0.3, -0.25) is 24.0 Å². The number of halogens is 1. The van der Waals surface area contributed by atoms with Crippen LogP contribution in [0.15, 0.2) is 46.9 Å². The number of hydrogen-bond acceptors (Lipinski definition) is 7. The summed E-state index contributed by atoms with van der Waals surface area (Å²) in [5.74, 6) is -1.01. The number of non-ortho nitro benzene ring substituents is 1. The van der Waals surface area contributed by atoms with Crippen molar-refractivity contribution in [3.63, 3.8) is 0 Å². The van der Waals surface area contributed by atoms with Gasteiger partial charge in [-0.15, -0.1) is 0 Å². The Morgan fingerprint density at radius 2 is 1.92 bits per heavy atom. The fourth-order valence-electron chi connectivity index (χ4n) is 3.53. The van der Waals surface area contributed by atoms with Crippen LogP contribution in [0.1, 0.15) is 32.3 Å². The molecule has 2 rings (SSSR count). The summed E-state index contributed by atoms with van der Waals surface area (Å²) >= 11 is 3.39. The van der Waals surface area contributed by atoms with Gasteiger partial charge < -0.3 is 15.0 Å². The highest BCUT2D eigenvalue weighted by atomic mass is 79.9. The Labute approximate surface area is 225 Å². The van der Waals surface area contributed by atoms with E-state index in [-0.39, 0.29) is 29.6 Å². The van der Waals surface area contributed by atoms with E-state index in [0.29, 0.717) is 6.54 Å². The van der Waals surface area contributed by atoms with Crippen molar-refractivity contribution in [2.75, 3.05) is 30.8 Å². The number of methoxy groups -OCH3 is 1. The molecular formula is C24H31BrN4O7S. The van der Waals surface area contributed by atoms with Crippen molar-refractivity contribution in [3.8, 4) is 5.75 Å². The van der Waals surface area contributed by atoms with E-state index in [2.05, 4.69) is 21.2 Å². The van der Waals surface area contributed by atoms with E-state index in [1.165, 1.54) is 24.1 Å². The molecule has 0 bridgehead atoms. The van der Waals surface area contributed by atoms with Gasteiger partial charge in [-0.2, -0.15) is 0 Å². The molecule has 202 valence electrons. The van der Waals surface area contributed by atoms with Gasteiger partial charge in [0.2, 0.25) is 21.8 Å². The lowest BCUT2D eigenvalue weighted by Crippen LogP contribution is -2.51. The highest BCUT2D eigenvalue weighted by Crippen LogP contribution is 2.34. The van der Waals surface area contributed by atoms with Gasteiger partial charge in [0.05, 0.1) is 18.3 Å². The number of unbranched alkanes of at least 4 members (excludes halogenated alkanes) is 1. The molecule has 1 atom stereocenters. The Hall–Kier alpha value is -3.19. The number of benzene rings is 2. The van der Waals surface area contributed by atoms with Gasteiger partial charge in [-0.05, 0) is 37.1 Å². The monoisotopic (exact) mass is 598 g/mol. The van der Waals surface area contributed by atoms with E-state index in [1.807, 2.05) is 13.0 Å². The maximum atomic E-state index is 13.6. The van der Waals surface area contributed by atoms with Crippen LogP contribution in [0.3, 0.4) is 0 Å². The lowest BCUT2D eigenvalue weighted by molar-refractivity contribution is -0.384. The summed E-state index contributed by atoms with van der Waals surface area (Å²) < 4.78 is 32.3. The average molecular weight is 600 g/mol. The second-order valence-corrected chi connectivity index (χ2v) is 11.2. The molecule has 0 aromatic heterocycles. The molecule has 0 aliphatic heterocycles. The number of rotatable bonds is 13. The van der Waals surface area contributed by atoms with Crippen LogP contribution < -0.4 is 14.4 Å². The zero-order valence-corrected chi connectivity index (χ0v) is 23.5. The van der Waals surface area contributed by atoms with Crippen molar-refractivity contribution in [2.45, 2.75) is 39.3 Å². The van der Waals surface area contributed by atoms with Crippen molar-refractivity contribution < 1.29 is 27.7 Å². The second-order valence-electron chi connectivity index (χ2n) is 8.36. The van der Waals surface area contributed by atoms with Crippen LogP contribution in [-0.2, 0) is 26.2 Å². The predicted octanol–water partition coefficient (Wildman–Crippen LogP) is 3.47. The van der Waals surface area contributed by atoms with Crippen LogP contribution in [0.4, 0.5) is 11.4 Å². The molecule has 0 aliphatic carbocycles. The molecule has 2 amide bonds. The maximum Gasteiger partial charge on any atom is 0.271 e. The molecule has 0 aliphatic rings. The van der Waals surface area contributed by atoms with E-state index in [1.54, 1.807) is 25.1 Å². The minimum atomic E-state index is -4.09. The Morgan fingerprint density at radius 3 is 2.49 bits per heavy atom. The van der Waals surface area contributed by atoms with E-state index >= 15 is 0 Å². The molecular weight excluding hydrogens is 568 g/mol. The van der Waals surface area contributed by atoms with E-state index < -0.39 is 33.4 Å². The Morgan fingerprint density at radius 1 is 1.22 bits per heavy atom. The third kappa shape index (κ3) is 8.42. The zero-order chi connectivity index (χ0) is 27.8. The second kappa shape index (κ2) is 13.4. The standard InChI is InChI=1S/C24H31BrN4O7S/c1-5-6-12-26-24(31)17(2)27(15-18-8-7-9-19(25)13-18)23(30)16-28(37(4,34)35)21-14-20(29(32)33)10-11-22(21)36-3/h7-11,13-14,17H,5-6,12,15-16H2,1-4H3,(H,26,31)/t17-/m0/s1.